The van der Waals surface area contributed by atoms with Crippen molar-refractivity contribution in [1.29, 1.82) is 5.41 Å². The summed E-state index contributed by atoms with van der Waals surface area (Å²) in [4.78, 5) is 15.3. The van der Waals surface area contributed by atoms with Crippen LogP contribution in [0.2, 0.25) is 0 Å². The van der Waals surface area contributed by atoms with Crippen molar-refractivity contribution >= 4 is 34.5 Å². The number of amides is 1. The van der Waals surface area contributed by atoms with E-state index in [1.54, 1.807) is 11.3 Å². The van der Waals surface area contributed by atoms with Gasteiger partial charge in [0.1, 0.15) is 5.84 Å². The third-order valence-corrected chi connectivity index (χ3v) is 5.28. The van der Waals surface area contributed by atoms with Crippen LogP contribution in [0.5, 0.6) is 0 Å². The van der Waals surface area contributed by atoms with E-state index in [1.807, 2.05) is 29.6 Å². The van der Waals surface area contributed by atoms with Gasteiger partial charge in [0.2, 0.25) is 5.91 Å². The summed E-state index contributed by atoms with van der Waals surface area (Å²) in [5.41, 5.74) is 2.92. The molecule has 1 aliphatic rings. The summed E-state index contributed by atoms with van der Waals surface area (Å²) >= 11 is 1.54. The molecule has 1 aromatic heterocycles. The molecule has 0 saturated carbocycles. The number of hydrogen-bond donors (Lipinski definition) is 3. The number of rotatable bonds is 6. The average molecular weight is 356 g/mol. The Hall–Kier alpha value is -2.18. The molecule has 6 heteroatoms. The Morgan fingerprint density at radius 2 is 2.24 bits per heavy atom. The van der Waals surface area contributed by atoms with Crippen molar-refractivity contribution in [3.8, 4) is 0 Å². The van der Waals surface area contributed by atoms with E-state index in [0.717, 1.165) is 47.6 Å². The van der Waals surface area contributed by atoms with Gasteiger partial charge in [-0.3, -0.25) is 10.2 Å². The molecule has 1 amide bonds. The van der Waals surface area contributed by atoms with Crippen LogP contribution in [0.15, 0.2) is 35.7 Å². The second-order valence-electron chi connectivity index (χ2n) is 6.69. The Bertz CT molecular complexity index is 755. The summed E-state index contributed by atoms with van der Waals surface area (Å²) in [5.74, 6) is 0.551. The Kier molecular flexibility index (Phi) is 5.50. The van der Waals surface area contributed by atoms with Crippen molar-refractivity contribution in [2.45, 2.75) is 19.3 Å². The van der Waals surface area contributed by atoms with Gasteiger partial charge in [-0.15, -0.1) is 11.3 Å². The van der Waals surface area contributed by atoms with Gasteiger partial charge in [0.25, 0.3) is 0 Å². The fourth-order valence-electron chi connectivity index (χ4n) is 3.07. The molecular weight excluding hydrogens is 332 g/mol. The topological polar surface area (TPSA) is 68.2 Å². The molecule has 0 spiro atoms. The fraction of sp³-hybridized carbons (Fsp3) is 0.368. The number of fused-ring (bicyclic) bond motifs is 1. The van der Waals surface area contributed by atoms with E-state index in [4.69, 9.17) is 5.41 Å². The lowest BCUT2D eigenvalue weighted by Gasteiger charge is -2.25. The first-order valence-corrected chi connectivity index (χ1v) is 9.39. The summed E-state index contributed by atoms with van der Waals surface area (Å²) in [6.07, 6.45) is 2.67. The fourth-order valence-corrected chi connectivity index (χ4v) is 3.70. The van der Waals surface area contributed by atoms with E-state index in [9.17, 15) is 4.79 Å². The molecule has 1 aromatic carbocycles. The van der Waals surface area contributed by atoms with Crippen LogP contribution in [0.25, 0.3) is 0 Å². The largest absolute Gasteiger partial charge is 0.340 e. The van der Waals surface area contributed by atoms with Crippen molar-refractivity contribution in [2.24, 2.45) is 5.92 Å². The van der Waals surface area contributed by atoms with Gasteiger partial charge >= 0.3 is 0 Å². The predicted octanol–water partition coefficient (Wildman–Crippen LogP) is 3.64. The van der Waals surface area contributed by atoms with Crippen LogP contribution in [0, 0.1) is 11.3 Å². The number of benzene rings is 1. The molecule has 0 saturated heterocycles. The zero-order chi connectivity index (χ0) is 17.8. The first-order valence-electron chi connectivity index (χ1n) is 8.51. The van der Waals surface area contributed by atoms with Crippen LogP contribution in [0.1, 0.15) is 23.3 Å². The molecule has 25 heavy (non-hydrogen) atoms. The quantitative estimate of drug-likeness (QED) is 0.547. The minimum Gasteiger partial charge on any atom is -0.340 e. The molecule has 0 aliphatic carbocycles. The predicted molar refractivity (Wildman–Crippen MR) is 105 cm³/mol. The Morgan fingerprint density at radius 3 is 2.96 bits per heavy atom. The first-order chi connectivity index (χ1) is 12.0. The van der Waals surface area contributed by atoms with Gasteiger partial charge in [0, 0.05) is 17.3 Å². The number of nitrogens with one attached hydrogen (secondary N) is 3. The lowest BCUT2D eigenvalue weighted by atomic mass is 9.89. The van der Waals surface area contributed by atoms with Crippen LogP contribution in [0.3, 0.4) is 0 Å². The lowest BCUT2D eigenvalue weighted by molar-refractivity contribution is -0.120. The van der Waals surface area contributed by atoms with Gasteiger partial charge in [0.15, 0.2) is 0 Å². The molecule has 0 radical (unpaired) electrons. The van der Waals surface area contributed by atoms with Crippen LogP contribution in [0.4, 0.5) is 11.4 Å². The maximum atomic E-state index is 12.3. The third kappa shape index (κ3) is 4.46. The van der Waals surface area contributed by atoms with E-state index >= 15 is 0 Å². The summed E-state index contributed by atoms with van der Waals surface area (Å²) in [5, 5.41) is 16.3. The molecule has 1 aliphatic heterocycles. The standard InChI is InChI=1S/C19H24N4OS/c1-23(2)9-3-5-13-11-14-12-15(7-8-16(14)22-19(13)24)21-18(20)17-6-4-10-25-17/h4,6-8,10,12-13H,3,5,9,11H2,1-2H3,(H2,20,21)(H,22,24). The number of nitrogens with zero attached hydrogens (tertiary/aromatic N) is 1. The minimum atomic E-state index is 0.0273. The van der Waals surface area contributed by atoms with E-state index < -0.39 is 0 Å². The number of carbonyl (C=O) groups is 1. The van der Waals surface area contributed by atoms with Crippen molar-refractivity contribution in [3.63, 3.8) is 0 Å². The van der Waals surface area contributed by atoms with E-state index in [1.165, 1.54) is 0 Å². The zero-order valence-electron chi connectivity index (χ0n) is 14.6. The van der Waals surface area contributed by atoms with Crippen molar-refractivity contribution < 1.29 is 4.79 Å². The van der Waals surface area contributed by atoms with Gasteiger partial charge in [-0.25, -0.2) is 0 Å². The van der Waals surface area contributed by atoms with Gasteiger partial charge in [-0.1, -0.05) is 6.07 Å². The highest BCUT2D eigenvalue weighted by Gasteiger charge is 2.26. The smallest absolute Gasteiger partial charge is 0.227 e. The normalized spacial score (nSPS) is 16.4. The third-order valence-electron chi connectivity index (χ3n) is 4.40. The number of thiophene rings is 1. The summed E-state index contributed by atoms with van der Waals surface area (Å²) < 4.78 is 0. The van der Waals surface area contributed by atoms with Crippen LogP contribution in [-0.2, 0) is 11.2 Å². The van der Waals surface area contributed by atoms with Gasteiger partial charge in [-0.2, -0.15) is 0 Å². The number of carbonyl (C=O) groups excluding carboxylic acids is 1. The Balaban J connectivity index is 1.67. The van der Waals surface area contributed by atoms with Gasteiger partial charge < -0.3 is 15.5 Å². The maximum absolute atomic E-state index is 12.3. The highest BCUT2D eigenvalue weighted by Crippen LogP contribution is 2.30. The second kappa shape index (κ2) is 7.80. The SMILES string of the molecule is CN(C)CCCC1Cc2cc(NC(=N)c3cccs3)ccc2NC1=O. The van der Waals surface area contributed by atoms with Crippen LogP contribution in [-0.4, -0.2) is 37.3 Å². The van der Waals surface area contributed by atoms with E-state index in [-0.39, 0.29) is 11.8 Å². The summed E-state index contributed by atoms with van der Waals surface area (Å²) in [6.45, 7) is 0.996. The Morgan fingerprint density at radius 1 is 1.40 bits per heavy atom. The molecular formula is C19H24N4OS. The first kappa shape index (κ1) is 17.6. The minimum absolute atomic E-state index is 0.0273. The number of amidine groups is 1. The molecule has 132 valence electrons. The maximum Gasteiger partial charge on any atom is 0.227 e. The molecule has 2 aromatic rings. The molecule has 1 atom stereocenters. The van der Waals surface area contributed by atoms with Crippen molar-refractivity contribution in [3.05, 3.63) is 46.2 Å². The molecule has 1 unspecified atom stereocenters. The molecule has 5 nitrogen and oxygen atoms in total. The average Bonchev–Trinajstić information content (AvgIpc) is 3.10. The summed E-state index contributed by atoms with van der Waals surface area (Å²) in [6, 6.07) is 9.76. The molecule has 3 N–H and O–H groups in total. The van der Waals surface area contributed by atoms with Gasteiger partial charge in [-0.05, 0) is 75.1 Å². The van der Waals surface area contributed by atoms with Gasteiger partial charge in [0.05, 0.1) is 4.88 Å². The molecule has 3 rings (SSSR count). The van der Waals surface area contributed by atoms with Crippen LogP contribution >= 0.6 is 11.3 Å². The molecule has 0 fully saturated rings. The zero-order valence-corrected chi connectivity index (χ0v) is 15.5. The van der Waals surface area contributed by atoms with Crippen molar-refractivity contribution in [1.82, 2.24) is 4.90 Å². The van der Waals surface area contributed by atoms with E-state index in [2.05, 4.69) is 35.7 Å². The molecule has 2 heterocycles. The monoisotopic (exact) mass is 356 g/mol. The van der Waals surface area contributed by atoms with Crippen LogP contribution < -0.4 is 10.6 Å². The summed E-state index contributed by atoms with van der Waals surface area (Å²) in [7, 11) is 4.10. The second-order valence-corrected chi connectivity index (χ2v) is 7.63. The number of hydrogen-bond acceptors (Lipinski definition) is 4. The Labute approximate surface area is 152 Å². The lowest BCUT2D eigenvalue weighted by Crippen LogP contribution is -2.30. The molecule has 0 bridgehead atoms. The van der Waals surface area contributed by atoms with Crippen molar-refractivity contribution in [2.75, 3.05) is 31.3 Å². The van der Waals surface area contributed by atoms with E-state index in [0.29, 0.717) is 5.84 Å². The highest BCUT2D eigenvalue weighted by atomic mass is 32.1. The highest BCUT2D eigenvalue weighted by molar-refractivity contribution is 7.12. The number of anilines is 2.